The van der Waals surface area contributed by atoms with Gasteiger partial charge in [-0.15, -0.1) is 0 Å². The Bertz CT molecular complexity index is 6900. The first-order valence-corrected chi connectivity index (χ1v) is 38.7. The molecule has 2 saturated heterocycles. The fourth-order valence-corrected chi connectivity index (χ4v) is 17.6. The van der Waals surface area contributed by atoms with Crippen LogP contribution in [0.5, 0.6) is 126 Å². The number of ether oxygens (including phenoxy) is 18. The molecule has 136 heavy (non-hydrogen) atoms. The van der Waals surface area contributed by atoms with Crippen LogP contribution in [0.2, 0.25) is 0 Å². The molecule has 0 saturated carbocycles. The van der Waals surface area contributed by atoms with Crippen LogP contribution in [-0.4, -0.2) is 310 Å². The van der Waals surface area contributed by atoms with Crippen molar-refractivity contribution in [3.63, 3.8) is 0 Å². The summed E-state index contributed by atoms with van der Waals surface area (Å²) in [7, 11) is 0. The van der Waals surface area contributed by atoms with E-state index in [-0.39, 0.29) is 42.5 Å². The lowest BCUT2D eigenvalue weighted by Gasteiger charge is -2.51. The molecular formula is C82H52O54. The molecule has 7 aromatic rings. The molecule has 0 spiro atoms. The number of phenolic OH excluding ortho intramolecular Hbond substituents is 15. The van der Waals surface area contributed by atoms with Crippen molar-refractivity contribution in [3.05, 3.63) is 140 Å². The highest BCUT2D eigenvalue weighted by atomic mass is 16.8. The van der Waals surface area contributed by atoms with E-state index < -0.39 is 409 Å². The van der Waals surface area contributed by atoms with Gasteiger partial charge in [-0.1, -0.05) is 0 Å². The zero-order valence-electron chi connectivity index (χ0n) is 66.3. The minimum atomic E-state index is -4.56. The van der Waals surface area contributed by atoms with Gasteiger partial charge in [0.25, 0.3) is 11.6 Å². The highest BCUT2D eigenvalue weighted by Crippen LogP contribution is 2.66. The number of carbonyl (C=O) groups is 13. The molecule has 10 heterocycles. The summed E-state index contributed by atoms with van der Waals surface area (Å²) in [6.45, 7) is -3.35. The van der Waals surface area contributed by atoms with Crippen LogP contribution >= 0.6 is 0 Å². The molecule has 17 atom stereocenters. The summed E-state index contributed by atoms with van der Waals surface area (Å²) in [6.07, 6.45) is -32.0. The van der Waals surface area contributed by atoms with Crippen molar-refractivity contribution >= 4 is 77.0 Å². The minimum absolute atomic E-state index is 0.0702. The number of aliphatic hydroxyl groups is 8. The zero-order valence-corrected chi connectivity index (χ0v) is 66.3. The van der Waals surface area contributed by atoms with Gasteiger partial charge in [-0.05, 0) is 54.6 Å². The predicted octanol–water partition coefficient (Wildman–Crippen LogP) is -3.90. The molecule has 0 amide bonds. The number of hydrogen-bond acceptors (Lipinski definition) is 54. The third-order valence-corrected chi connectivity index (χ3v) is 24.1. The van der Waals surface area contributed by atoms with Gasteiger partial charge in [-0.3, -0.25) is 14.4 Å². The van der Waals surface area contributed by atoms with Crippen molar-refractivity contribution in [2.75, 3.05) is 13.2 Å². The average Bonchev–Trinajstić information content (AvgIpc) is 0.793. The van der Waals surface area contributed by atoms with Crippen molar-refractivity contribution in [3.8, 4) is 138 Å². The number of fused-ring (bicyclic) bond motifs is 5. The maximum absolute atomic E-state index is 16.2. The van der Waals surface area contributed by atoms with E-state index >= 15 is 38.4 Å². The molecule has 54 heteroatoms. The van der Waals surface area contributed by atoms with Gasteiger partial charge < -0.3 is 203 Å². The Morgan fingerprint density at radius 2 is 0.743 bits per heavy atom. The van der Waals surface area contributed by atoms with Crippen LogP contribution in [0.1, 0.15) is 95.5 Å². The Morgan fingerprint density at radius 1 is 0.331 bits per heavy atom. The molecule has 23 N–H and O–H groups in total. The lowest BCUT2D eigenvalue weighted by Crippen LogP contribution is -2.76. The summed E-state index contributed by atoms with van der Waals surface area (Å²) in [5.74, 6) is -90.8. The van der Waals surface area contributed by atoms with Gasteiger partial charge in [0.1, 0.15) is 31.0 Å². The van der Waals surface area contributed by atoms with Crippen molar-refractivity contribution in [1.82, 2.24) is 0 Å². The van der Waals surface area contributed by atoms with Gasteiger partial charge in [-0.25, -0.2) is 47.9 Å². The summed E-state index contributed by atoms with van der Waals surface area (Å²) in [5, 5.41) is 265. The van der Waals surface area contributed by atoms with Gasteiger partial charge in [0, 0.05) is 40.5 Å². The molecule has 2 fully saturated rings. The lowest BCUT2D eigenvalue weighted by atomic mass is 9.70. The van der Waals surface area contributed by atoms with Crippen LogP contribution in [-0.2, 0) is 85.6 Å². The lowest BCUT2D eigenvalue weighted by molar-refractivity contribution is -0.343. The fourth-order valence-electron chi connectivity index (χ4n) is 17.6. The highest BCUT2D eigenvalue weighted by molar-refractivity contribution is 6.14. The smallest absolute Gasteiger partial charge is 0.344 e. The third kappa shape index (κ3) is 11.9. The highest BCUT2D eigenvalue weighted by Gasteiger charge is 2.76. The third-order valence-electron chi connectivity index (χ3n) is 24.1. The monoisotopic (exact) mass is 1900 g/mol. The van der Waals surface area contributed by atoms with Gasteiger partial charge in [0.15, 0.2) is 116 Å². The zero-order chi connectivity index (χ0) is 97.4. The number of ketones is 3. The van der Waals surface area contributed by atoms with Crippen LogP contribution < -0.4 is 28.4 Å². The summed E-state index contributed by atoms with van der Waals surface area (Å²) in [5.41, 5.74) is -18.6. The number of phenols is 15. The van der Waals surface area contributed by atoms with Gasteiger partial charge in [0.2, 0.25) is 82.7 Å². The maximum Gasteiger partial charge on any atom is 0.344 e. The molecule has 54 nitrogen and oxygen atoms in total. The van der Waals surface area contributed by atoms with E-state index in [2.05, 4.69) is 0 Å². The SMILES string of the molecule is O=C1O[C@@H]2O[C@@H]3COC(=O)C4=CC(=O)[C@@]5(O)Oc6c(O)c(O)cc(c6[C@@H]4C5(O)O)C(=O)O[C@H]3[C@H](OC(=O)c3cc(O)c(O)c(O)c3)[C@H]2OC(=O)c2cc(O)c(O)c(O)c2Oc2cc3c4c5c2OC2C1=CC(=O)C(O)(Oc1c(O)c(O)cc(c1-4)C(=O)O[C@@H]1[C@H]4OC(=O)c6cc(O)c(O)c7c6[C@@H]6C(=CC(=O)[C@](O)(O7)C6(O)O)C(=O)O[C@@H]1[C@@H](COC3=O)O[C@H]4OC(=O)c1cc(O)c(O)c(O)c1)C2(O)O5. The molecule has 0 aromatic heterocycles. The normalized spacial score (nSPS) is 29.7. The number of carbonyl (C=O) groups excluding carboxylic acids is 13. The van der Waals surface area contributed by atoms with E-state index in [4.69, 9.17) is 85.3 Å². The van der Waals surface area contributed by atoms with E-state index in [0.29, 0.717) is 30.3 Å². The Balaban J connectivity index is 0.776. The van der Waals surface area contributed by atoms with Crippen LogP contribution in [0.25, 0.3) is 11.1 Å². The Labute approximate surface area is 744 Å². The first-order chi connectivity index (χ1) is 63.9. The topological polar surface area (TPSA) is 853 Å². The Kier molecular flexibility index (Phi) is 18.3. The second-order valence-corrected chi connectivity index (χ2v) is 31.9. The summed E-state index contributed by atoms with van der Waals surface area (Å²) in [4.78, 5) is 197. The second kappa shape index (κ2) is 28.7. The summed E-state index contributed by atoms with van der Waals surface area (Å²) >= 11 is 0. The summed E-state index contributed by atoms with van der Waals surface area (Å²) in [6, 6.07) is 2.79. The van der Waals surface area contributed by atoms with E-state index in [9.17, 15) is 141 Å². The van der Waals surface area contributed by atoms with Crippen molar-refractivity contribution in [1.29, 1.82) is 0 Å². The van der Waals surface area contributed by atoms with E-state index in [1.807, 2.05) is 0 Å². The van der Waals surface area contributed by atoms with Gasteiger partial charge >= 0.3 is 82.8 Å². The first-order valence-electron chi connectivity index (χ1n) is 38.7. The number of hydrogen-bond donors (Lipinski definition) is 23. The van der Waals surface area contributed by atoms with Crippen LogP contribution in [0.4, 0.5) is 0 Å². The summed E-state index contributed by atoms with van der Waals surface area (Å²) < 4.78 is 106. The molecular weight excluding hydrogens is 1850 g/mol. The molecule has 13 aliphatic rings. The number of cyclic esters (lactones) is 2. The van der Waals surface area contributed by atoms with Crippen molar-refractivity contribution in [2.45, 2.75) is 114 Å². The van der Waals surface area contributed by atoms with Crippen LogP contribution in [0, 0.1) is 0 Å². The fraction of sp³-hybridized carbons (Fsp3) is 0.256. The first kappa shape index (κ1) is 86.9. The number of aromatic hydroxyl groups is 15. The number of benzene rings is 7. The number of rotatable bonds is 4. The second-order valence-electron chi connectivity index (χ2n) is 31.9. The van der Waals surface area contributed by atoms with Crippen molar-refractivity contribution < 1.29 is 265 Å². The predicted molar refractivity (Wildman–Crippen MR) is 401 cm³/mol. The van der Waals surface area contributed by atoms with E-state index in [0.717, 1.165) is 0 Å². The largest absolute Gasteiger partial charge is 0.504 e. The molecule has 704 valence electrons. The standard InChI is InChI=1S/C82H52O54/c83-25-1-15(2-26(84)45(25)94)65(101)127-60-54-35(14-120-68(104)21-10-36(91)79(115)77(111,112)43(21)41-18(70(106)125-54)6-31(89)49(98)57(41)133-79)123-76-62(60)130-73(109)23-8-29(87)47(96)51(100)52(23)121-33-9-20-40-39-17(5-30(88)48(97)56(39)135-81(117)38(93)12-24(74(110)132-76)64-82(81,118)136-59(40)53(33)124-64)69(105)128-61-55-34(13-119-67(20)103)122-75(131-66(102)16-3-27(85)46(95)28(86)4-16)63(61)129-71(107)19-7-32(90)50(99)58-42(19)44-22(72(108)126-55)11-37(92)80(116,134-58)78(44,113)114/h1-12,34-35,43-44,54-55,60-64,75-76,83-90,94-100,111-118H,13-14H2/t34-,35-,43-,44+,54-,55-,60+,61+,62-,63-,64?,75+,76+,79-,80+,81?,82?/m1/s1. The quantitative estimate of drug-likeness (QED) is 0.0347. The molecule has 10 aliphatic heterocycles. The van der Waals surface area contributed by atoms with Crippen molar-refractivity contribution in [2.24, 2.45) is 0 Å². The minimum Gasteiger partial charge on any atom is -0.504 e. The van der Waals surface area contributed by atoms with Gasteiger partial charge in [-0.2, -0.15) is 0 Å². The van der Waals surface area contributed by atoms with E-state index in [1.54, 1.807) is 0 Å². The molecule has 3 aliphatic carbocycles. The number of esters is 10. The van der Waals surface area contributed by atoms with Gasteiger partial charge in [0.05, 0.1) is 61.9 Å². The molecule has 20 rings (SSSR count). The van der Waals surface area contributed by atoms with Crippen LogP contribution in [0.15, 0.2) is 89.5 Å². The maximum atomic E-state index is 16.2. The Hall–Kier alpha value is -17.1. The van der Waals surface area contributed by atoms with Crippen LogP contribution in [0.3, 0.4) is 0 Å². The van der Waals surface area contributed by atoms with E-state index in [1.165, 1.54) is 0 Å². The molecule has 12 bridgehead atoms. The Morgan fingerprint density at radius 3 is 1.31 bits per heavy atom. The molecule has 3 unspecified atom stereocenters. The average molecular weight is 1900 g/mol. The molecule has 7 aromatic carbocycles. The molecule has 0 radical (unpaired) electrons.